The molecule has 0 radical (unpaired) electrons. The van der Waals surface area contributed by atoms with Crippen LogP contribution in [0.2, 0.25) is 0 Å². The van der Waals surface area contributed by atoms with Crippen LogP contribution >= 0.6 is 11.3 Å². The topological polar surface area (TPSA) is 82.6 Å². The molecule has 0 aromatic carbocycles. The van der Waals surface area contributed by atoms with E-state index >= 15 is 0 Å². The van der Waals surface area contributed by atoms with Crippen LogP contribution in [0.25, 0.3) is 0 Å². The summed E-state index contributed by atoms with van der Waals surface area (Å²) in [5.74, 6) is -0.313. The van der Waals surface area contributed by atoms with E-state index in [1.54, 1.807) is 29.8 Å². The number of carbonyl (C=O) groups is 3. The molecule has 7 nitrogen and oxygen atoms in total. The molecule has 8 heteroatoms. The molecule has 2 fully saturated rings. The van der Waals surface area contributed by atoms with E-state index in [0.29, 0.717) is 44.5 Å². The van der Waals surface area contributed by atoms with Gasteiger partial charge in [0, 0.05) is 48.0 Å². The fourth-order valence-electron chi connectivity index (χ4n) is 4.67. The Morgan fingerprint density at radius 3 is 2.69 bits per heavy atom. The molecule has 1 atom stereocenters. The van der Waals surface area contributed by atoms with Gasteiger partial charge in [0.15, 0.2) is 5.54 Å². The van der Waals surface area contributed by atoms with E-state index < -0.39 is 5.54 Å². The second-order valence-electron chi connectivity index (χ2n) is 8.30. The zero-order valence-corrected chi connectivity index (χ0v) is 19.2. The molecule has 4 rings (SSSR count). The molecule has 2 aromatic rings. The lowest BCUT2D eigenvalue weighted by Crippen LogP contribution is -2.54. The maximum Gasteiger partial charge on any atom is 0.325 e. The number of carbonyl (C=O) groups excluding carboxylic acids is 3. The van der Waals surface area contributed by atoms with Gasteiger partial charge in [0.25, 0.3) is 5.91 Å². The second kappa shape index (κ2) is 9.24. The first-order chi connectivity index (χ1) is 15.5. The fraction of sp³-hybridized carbons (Fsp3) is 0.417. The number of hydrogen-bond donors (Lipinski definition) is 1. The third-order valence-corrected chi connectivity index (χ3v) is 7.51. The van der Waals surface area contributed by atoms with Crippen LogP contribution in [-0.2, 0) is 21.5 Å². The van der Waals surface area contributed by atoms with Gasteiger partial charge in [0.05, 0.1) is 0 Å². The Balaban J connectivity index is 1.58. The lowest BCUT2D eigenvalue weighted by molar-refractivity contribution is -0.135. The molecular weight excluding hydrogens is 424 g/mol. The van der Waals surface area contributed by atoms with Crippen LogP contribution in [0.5, 0.6) is 0 Å². The molecule has 0 spiro atoms. The van der Waals surface area contributed by atoms with Crippen molar-refractivity contribution in [1.29, 1.82) is 0 Å². The Morgan fingerprint density at radius 2 is 2.06 bits per heavy atom. The highest BCUT2D eigenvalue weighted by Gasteiger charge is 2.57. The minimum absolute atomic E-state index is 0.0285. The van der Waals surface area contributed by atoms with Crippen molar-refractivity contribution < 1.29 is 14.4 Å². The molecule has 2 aliphatic rings. The van der Waals surface area contributed by atoms with Gasteiger partial charge in [-0.2, -0.15) is 0 Å². The molecule has 2 saturated heterocycles. The standard InChI is InChI=1S/C24H28N4O3S/c1-3-17(2)21(29)27-12-8-18(9-13-27)24(19-6-4-11-25-16-19)22(30)28(23(31)26-24)14-10-20-7-5-15-32-20/h3-7,11,15-16,18H,8-10,12-14H2,1-2H3,(H,26,31)/b17-3+/t24-/m0/s1. The van der Waals surface area contributed by atoms with Gasteiger partial charge in [-0.1, -0.05) is 18.2 Å². The number of thiophene rings is 1. The molecule has 2 aliphatic heterocycles. The summed E-state index contributed by atoms with van der Waals surface area (Å²) >= 11 is 1.62. The first-order valence-electron chi connectivity index (χ1n) is 11.0. The molecule has 0 bridgehead atoms. The van der Waals surface area contributed by atoms with Gasteiger partial charge < -0.3 is 10.2 Å². The molecule has 32 heavy (non-hydrogen) atoms. The summed E-state index contributed by atoms with van der Waals surface area (Å²) < 4.78 is 0. The number of urea groups is 1. The Morgan fingerprint density at radius 1 is 1.28 bits per heavy atom. The number of nitrogens with zero attached hydrogens (tertiary/aromatic N) is 3. The first kappa shape index (κ1) is 22.2. The summed E-state index contributed by atoms with van der Waals surface area (Å²) in [6.45, 7) is 5.11. The van der Waals surface area contributed by atoms with Gasteiger partial charge in [-0.05, 0) is 56.5 Å². The van der Waals surface area contributed by atoms with Gasteiger partial charge >= 0.3 is 6.03 Å². The van der Waals surface area contributed by atoms with Crippen LogP contribution in [0.15, 0.2) is 53.7 Å². The van der Waals surface area contributed by atoms with Crippen molar-refractivity contribution in [1.82, 2.24) is 20.1 Å². The quantitative estimate of drug-likeness (QED) is 0.538. The molecule has 4 amide bonds. The van der Waals surface area contributed by atoms with Crippen LogP contribution in [-0.4, -0.2) is 52.3 Å². The molecular formula is C24H28N4O3S. The Labute approximate surface area is 192 Å². The summed E-state index contributed by atoms with van der Waals surface area (Å²) in [5.41, 5.74) is 0.271. The highest BCUT2D eigenvalue weighted by atomic mass is 32.1. The predicted molar refractivity (Wildman–Crippen MR) is 123 cm³/mol. The van der Waals surface area contributed by atoms with Crippen LogP contribution in [0, 0.1) is 5.92 Å². The molecule has 0 aliphatic carbocycles. The second-order valence-corrected chi connectivity index (χ2v) is 9.34. The van der Waals surface area contributed by atoms with Gasteiger partial charge in [-0.25, -0.2) is 4.79 Å². The first-order valence-corrected chi connectivity index (χ1v) is 11.8. The van der Waals surface area contributed by atoms with Gasteiger partial charge in [-0.3, -0.25) is 19.5 Å². The van der Waals surface area contributed by atoms with E-state index in [0.717, 1.165) is 10.5 Å². The lowest BCUT2D eigenvalue weighted by Gasteiger charge is -2.41. The fourth-order valence-corrected chi connectivity index (χ4v) is 5.37. The number of aromatic nitrogens is 1. The summed E-state index contributed by atoms with van der Waals surface area (Å²) in [6.07, 6.45) is 7.04. The van der Waals surface area contributed by atoms with E-state index in [2.05, 4.69) is 10.3 Å². The summed E-state index contributed by atoms with van der Waals surface area (Å²) in [7, 11) is 0. The maximum absolute atomic E-state index is 13.8. The number of piperidine rings is 1. The molecule has 4 heterocycles. The summed E-state index contributed by atoms with van der Waals surface area (Å²) in [4.78, 5) is 47.9. The van der Waals surface area contributed by atoms with E-state index in [1.165, 1.54) is 4.90 Å². The monoisotopic (exact) mass is 452 g/mol. The van der Waals surface area contributed by atoms with Crippen molar-refractivity contribution in [3.8, 4) is 0 Å². The lowest BCUT2D eigenvalue weighted by atomic mass is 9.73. The SMILES string of the molecule is C/C=C(\C)C(=O)N1CCC([C@@]2(c3cccnc3)NC(=O)N(CCc3cccs3)C2=O)CC1. The van der Waals surface area contributed by atoms with E-state index in [4.69, 9.17) is 0 Å². The minimum atomic E-state index is -1.15. The molecule has 2 aromatic heterocycles. The van der Waals surface area contributed by atoms with Crippen molar-refractivity contribution in [2.24, 2.45) is 5.92 Å². The van der Waals surface area contributed by atoms with Crippen molar-refractivity contribution in [3.05, 3.63) is 64.1 Å². The largest absolute Gasteiger partial charge is 0.339 e. The zero-order valence-electron chi connectivity index (χ0n) is 18.4. The summed E-state index contributed by atoms with van der Waals surface area (Å²) in [5, 5.41) is 5.04. The normalized spacial score (nSPS) is 22.4. The average molecular weight is 453 g/mol. The van der Waals surface area contributed by atoms with Gasteiger partial charge in [0.2, 0.25) is 5.91 Å². The van der Waals surface area contributed by atoms with Crippen LogP contribution in [0.1, 0.15) is 37.1 Å². The maximum atomic E-state index is 13.8. The smallest absolute Gasteiger partial charge is 0.325 e. The predicted octanol–water partition coefficient (Wildman–Crippen LogP) is 3.34. The molecule has 0 saturated carbocycles. The highest BCUT2D eigenvalue weighted by Crippen LogP contribution is 2.41. The number of rotatable bonds is 6. The number of amides is 4. The zero-order chi connectivity index (χ0) is 22.7. The van der Waals surface area contributed by atoms with Crippen LogP contribution < -0.4 is 5.32 Å². The van der Waals surface area contributed by atoms with Crippen LogP contribution in [0.4, 0.5) is 4.79 Å². The third-order valence-electron chi connectivity index (χ3n) is 6.58. The molecule has 1 N–H and O–H groups in total. The Kier molecular flexibility index (Phi) is 6.41. The third kappa shape index (κ3) is 3.95. The number of imide groups is 1. The van der Waals surface area contributed by atoms with Crippen molar-refractivity contribution in [3.63, 3.8) is 0 Å². The van der Waals surface area contributed by atoms with E-state index in [9.17, 15) is 14.4 Å². The number of nitrogens with one attached hydrogen (secondary N) is 1. The van der Waals surface area contributed by atoms with Gasteiger partial charge in [0.1, 0.15) is 0 Å². The van der Waals surface area contributed by atoms with Crippen molar-refractivity contribution >= 4 is 29.2 Å². The number of likely N-dealkylation sites (tertiary alicyclic amines) is 1. The van der Waals surface area contributed by atoms with E-state index in [-0.39, 0.29) is 23.8 Å². The van der Waals surface area contributed by atoms with Crippen molar-refractivity contribution in [2.45, 2.75) is 38.6 Å². The van der Waals surface area contributed by atoms with Crippen LogP contribution in [0.3, 0.4) is 0 Å². The number of allylic oxidation sites excluding steroid dienone is 1. The van der Waals surface area contributed by atoms with Gasteiger partial charge in [-0.15, -0.1) is 11.3 Å². The summed E-state index contributed by atoms with van der Waals surface area (Å²) in [6, 6.07) is 7.26. The minimum Gasteiger partial charge on any atom is -0.339 e. The Bertz CT molecular complexity index is 1010. The molecule has 0 unspecified atom stereocenters. The average Bonchev–Trinajstić information content (AvgIpc) is 3.44. The van der Waals surface area contributed by atoms with Crippen molar-refractivity contribution in [2.75, 3.05) is 19.6 Å². The number of pyridine rings is 1. The molecule has 168 valence electrons. The Hall–Kier alpha value is -3.00. The number of hydrogen-bond acceptors (Lipinski definition) is 5. The highest BCUT2D eigenvalue weighted by molar-refractivity contribution is 7.09. The van der Waals surface area contributed by atoms with E-state index in [1.807, 2.05) is 48.4 Å².